The molecule has 8 nitrogen and oxygen atoms in total. The first-order valence-corrected chi connectivity index (χ1v) is 17.2. The molecule has 3 aromatic rings. The molecule has 3 aliphatic rings. The number of nitrogens with one attached hydrogen (secondary N) is 2. The third kappa shape index (κ3) is 7.57. The lowest BCUT2D eigenvalue weighted by atomic mass is 9.80. The third-order valence-electron chi connectivity index (χ3n) is 9.26. The van der Waals surface area contributed by atoms with E-state index >= 15 is 0 Å². The first-order chi connectivity index (χ1) is 22.2. The number of aryl methyl sites for hydroxylation is 1. The molecule has 0 radical (unpaired) electrons. The molecule has 2 aromatic carbocycles. The van der Waals surface area contributed by atoms with E-state index in [1.165, 1.54) is 0 Å². The number of amides is 2. The van der Waals surface area contributed by atoms with Gasteiger partial charge in [0, 0.05) is 50.4 Å². The number of aromatic nitrogens is 1. The minimum atomic E-state index is -0.205. The maximum atomic E-state index is 14.2. The number of hydrogen-bond donors (Lipinski definition) is 2. The fourth-order valence-electron chi connectivity index (χ4n) is 6.62. The van der Waals surface area contributed by atoms with Crippen molar-refractivity contribution in [2.45, 2.75) is 63.6 Å². The van der Waals surface area contributed by atoms with Crippen molar-refractivity contribution >= 4 is 52.4 Å². The van der Waals surface area contributed by atoms with Gasteiger partial charge in [-0.3, -0.25) is 9.59 Å². The van der Waals surface area contributed by atoms with Crippen LogP contribution in [0.25, 0.3) is 0 Å². The normalized spacial score (nSPS) is 21.2. The Morgan fingerprint density at radius 1 is 1.04 bits per heavy atom. The number of carbonyl (C=O) groups is 2. The van der Waals surface area contributed by atoms with Gasteiger partial charge in [0.1, 0.15) is 11.9 Å². The van der Waals surface area contributed by atoms with E-state index in [0.29, 0.717) is 40.5 Å². The lowest BCUT2D eigenvalue weighted by molar-refractivity contribution is -0.138. The zero-order chi connectivity index (χ0) is 32.4. The van der Waals surface area contributed by atoms with Crippen LogP contribution in [0.4, 0.5) is 5.82 Å². The predicted molar refractivity (Wildman–Crippen MR) is 183 cm³/mol. The van der Waals surface area contributed by atoms with Crippen molar-refractivity contribution in [2.24, 2.45) is 5.92 Å². The van der Waals surface area contributed by atoms with E-state index in [2.05, 4.69) is 27.7 Å². The number of anilines is 1. The second kappa shape index (κ2) is 14.4. The highest BCUT2D eigenvalue weighted by Crippen LogP contribution is 2.38. The van der Waals surface area contributed by atoms with E-state index in [9.17, 15) is 9.59 Å². The molecular formula is C35H40Cl3N5O3. The van der Waals surface area contributed by atoms with Crippen LogP contribution in [0.5, 0.6) is 5.75 Å². The van der Waals surface area contributed by atoms with Gasteiger partial charge in [0.2, 0.25) is 11.8 Å². The minimum Gasteiger partial charge on any atom is -0.485 e. The van der Waals surface area contributed by atoms with Crippen LogP contribution < -0.4 is 20.3 Å². The number of halogens is 3. The standard InChI is InChI=1S/C35H40Cl3N5O3/c1-21-13-30(37)34(31(38)14-21)46-26-10-12-42(20-26)32-8-4-23(17-41-32)27-9-11-40-18-28(27)35(45)43(25-5-6-25)19-24-15-22(3-7-29(24)36)16-33(44)39-2/h3-4,7-8,13-15,17,25-28,40H,5-6,9-12,16,18-20H2,1-2H3,(H,39,44)/t26-,27?,28?/m1/s1. The summed E-state index contributed by atoms with van der Waals surface area (Å²) < 4.78 is 6.22. The number of ether oxygens (including phenoxy) is 1. The summed E-state index contributed by atoms with van der Waals surface area (Å²) in [5.41, 5.74) is 3.82. The Hall–Kier alpha value is -3.04. The molecule has 11 heteroatoms. The number of pyridine rings is 1. The molecule has 3 heterocycles. The Morgan fingerprint density at radius 2 is 1.83 bits per heavy atom. The lowest BCUT2D eigenvalue weighted by Gasteiger charge is -2.36. The summed E-state index contributed by atoms with van der Waals surface area (Å²) in [6, 6.07) is 13.8. The van der Waals surface area contributed by atoms with Crippen molar-refractivity contribution in [2.75, 3.05) is 38.1 Å². The van der Waals surface area contributed by atoms with Gasteiger partial charge in [0.05, 0.1) is 28.9 Å². The zero-order valence-electron chi connectivity index (χ0n) is 26.2. The Balaban J connectivity index is 1.13. The number of likely N-dealkylation sites (N-methyl/N-ethyl adjacent to an activating group) is 1. The summed E-state index contributed by atoms with van der Waals surface area (Å²) in [5, 5.41) is 7.78. The summed E-state index contributed by atoms with van der Waals surface area (Å²) in [4.78, 5) is 35.3. The highest BCUT2D eigenvalue weighted by atomic mass is 35.5. The maximum absolute atomic E-state index is 14.2. The summed E-state index contributed by atoms with van der Waals surface area (Å²) in [6.45, 7) is 5.35. The molecule has 2 unspecified atom stereocenters. The molecule has 6 rings (SSSR count). The number of benzene rings is 2. The third-order valence-corrected chi connectivity index (χ3v) is 10.2. The molecule has 46 heavy (non-hydrogen) atoms. The van der Waals surface area contributed by atoms with E-state index in [0.717, 1.165) is 66.8 Å². The van der Waals surface area contributed by atoms with Gasteiger partial charge in [-0.2, -0.15) is 0 Å². The summed E-state index contributed by atoms with van der Waals surface area (Å²) in [7, 11) is 1.63. The summed E-state index contributed by atoms with van der Waals surface area (Å²) in [6.07, 6.45) is 5.85. The number of rotatable bonds is 10. The van der Waals surface area contributed by atoms with Crippen LogP contribution >= 0.6 is 34.8 Å². The average molecular weight is 685 g/mol. The Kier molecular flexibility index (Phi) is 10.3. The van der Waals surface area contributed by atoms with Gasteiger partial charge in [-0.15, -0.1) is 0 Å². The van der Waals surface area contributed by atoms with Crippen molar-refractivity contribution in [3.8, 4) is 5.75 Å². The van der Waals surface area contributed by atoms with E-state index in [1.807, 2.05) is 48.4 Å². The first-order valence-electron chi connectivity index (χ1n) is 16.0. The summed E-state index contributed by atoms with van der Waals surface area (Å²) in [5.74, 6) is 1.36. The molecule has 2 aliphatic heterocycles. The summed E-state index contributed by atoms with van der Waals surface area (Å²) >= 11 is 19.4. The Morgan fingerprint density at radius 3 is 2.52 bits per heavy atom. The fourth-order valence-corrected chi connectivity index (χ4v) is 7.48. The van der Waals surface area contributed by atoms with E-state index < -0.39 is 0 Å². The van der Waals surface area contributed by atoms with Gasteiger partial charge in [-0.1, -0.05) is 53.0 Å². The molecule has 0 spiro atoms. The van der Waals surface area contributed by atoms with Gasteiger partial charge in [0.15, 0.2) is 5.75 Å². The first kappa shape index (κ1) is 32.9. The van der Waals surface area contributed by atoms with Gasteiger partial charge in [0.25, 0.3) is 0 Å². The van der Waals surface area contributed by atoms with Crippen LogP contribution in [0.1, 0.15) is 53.9 Å². The van der Waals surface area contributed by atoms with Gasteiger partial charge in [-0.25, -0.2) is 4.98 Å². The van der Waals surface area contributed by atoms with Crippen LogP contribution in [-0.4, -0.2) is 67.1 Å². The lowest BCUT2D eigenvalue weighted by Crippen LogP contribution is -2.47. The molecule has 2 amide bonds. The van der Waals surface area contributed by atoms with Crippen molar-refractivity contribution in [1.82, 2.24) is 20.5 Å². The Bertz CT molecular complexity index is 1560. The second-order valence-corrected chi connectivity index (χ2v) is 13.9. The monoisotopic (exact) mass is 683 g/mol. The molecule has 244 valence electrons. The van der Waals surface area contributed by atoms with Crippen LogP contribution in [-0.2, 0) is 22.6 Å². The van der Waals surface area contributed by atoms with Crippen LogP contribution in [0.15, 0.2) is 48.7 Å². The predicted octanol–water partition coefficient (Wildman–Crippen LogP) is 6.18. The molecule has 1 aromatic heterocycles. The number of hydrogen-bond acceptors (Lipinski definition) is 6. The van der Waals surface area contributed by atoms with Crippen LogP contribution in [0, 0.1) is 12.8 Å². The Labute approximate surface area is 285 Å². The molecule has 2 saturated heterocycles. The smallest absolute Gasteiger partial charge is 0.228 e. The van der Waals surface area contributed by atoms with Crippen molar-refractivity contribution < 1.29 is 14.3 Å². The molecule has 3 fully saturated rings. The topological polar surface area (TPSA) is 86.8 Å². The highest BCUT2D eigenvalue weighted by Gasteiger charge is 2.40. The largest absolute Gasteiger partial charge is 0.485 e. The van der Waals surface area contributed by atoms with E-state index in [-0.39, 0.29) is 42.2 Å². The zero-order valence-corrected chi connectivity index (χ0v) is 28.5. The van der Waals surface area contributed by atoms with E-state index in [1.54, 1.807) is 7.05 Å². The van der Waals surface area contributed by atoms with E-state index in [4.69, 9.17) is 44.5 Å². The van der Waals surface area contributed by atoms with Crippen molar-refractivity contribution in [3.63, 3.8) is 0 Å². The second-order valence-electron chi connectivity index (χ2n) is 12.7. The maximum Gasteiger partial charge on any atom is 0.228 e. The minimum absolute atomic E-state index is 0.0444. The van der Waals surface area contributed by atoms with Crippen LogP contribution in [0.3, 0.4) is 0 Å². The molecule has 3 atom stereocenters. The SMILES string of the molecule is CNC(=O)Cc1ccc(Cl)c(CN(C(=O)C2CNCCC2c2ccc(N3CC[C@@H](Oc4c(Cl)cc(C)cc4Cl)C3)nc2)C2CC2)c1. The fraction of sp³-hybridized carbons (Fsp3) is 0.457. The highest BCUT2D eigenvalue weighted by molar-refractivity contribution is 6.37. The quantitative estimate of drug-likeness (QED) is 0.265. The number of nitrogens with zero attached hydrogens (tertiary/aromatic N) is 3. The van der Waals surface area contributed by atoms with Gasteiger partial charge >= 0.3 is 0 Å². The number of piperidine rings is 1. The number of carbonyl (C=O) groups excluding carboxylic acids is 2. The van der Waals surface area contributed by atoms with Gasteiger partial charge in [-0.05, 0) is 85.2 Å². The van der Waals surface area contributed by atoms with Crippen LogP contribution in [0.2, 0.25) is 15.1 Å². The molecule has 2 N–H and O–H groups in total. The molecule has 0 bridgehead atoms. The molecule has 1 saturated carbocycles. The van der Waals surface area contributed by atoms with Crippen molar-refractivity contribution in [3.05, 3.63) is 86.0 Å². The average Bonchev–Trinajstić information content (AvgIpc) is 3.79. The molecular weight excluding hydrogens is 645 g/mol. The van der Waals surface area contributed by atoms with Crippen molar-refractivity contribution in [1.29, 1.82) is 0 Å². The molecule has 1 aliphatic carbocycles. The van der Waals surface area contributed by atoms with Gasteiger partial charge < -0.3 is 25.2 Å².